The van der Waals surface area contributed by atoms with Crippen molar-refractivity contribution in [2.75, 3.05) is 0 Å². The Morgan fingerprint density at radius 1 is 1.35 bits per heavy atom. The fraction of sp³-hybridized carbons (Fsp3) is 0.571. The maximum atomic E-state index is 13.2. The topological polar surface area (TPSA) is 38.0 Å². The minimum absolute atomic E-state index is 0.0662. The molecule has 1 fully saturated rings. The van der Waals surface area contributed by atoms with Crippen molar-refractivity contribution in [1.82, 2.24) is 5.43 Å². The lowest BCUT2D eigenvalue weighted by molar-refractivity contribution is -0.0495. The number of rotatable bonds is 4. The zero-order chi connectivity index (χ0) is 14.8. The van der Waals surface area contributed by atoms with Gasteiger partial charge in [0.25, 0.3) is 0 Å². The van der Waals surface area contributed by atoms with E-state index in [0.717, 1.165) is 5.56 Å². The van der Waals surface area contributed by atoms with Crippen LogP contribution in [0, 0.1) is 11.7 Å². The summed E-state index contributed by atoms with van der Waals surface area (Å²) in [5.41, 5.74) is 3.66. The van der Waals surface area contributed by atoms with Crippen LogP contribution < -0.4 is 11.3 Å². The van der Waals surface area contributed by atoms with E-state index in [9.17, 15) is 13.2 Å². The Morgan fingerprint density at radius 3 is 2.55 bits per heavy atom. The minimum Gasteiger partial charge on any atom is -0.271 e. The maximum absolute atomic E-state index is 13.2. The largest absolute Gasteiger partial charge is 0.271 e. The van der Waals surface area contributed by atoms with Crippen molar-refractivity contribution >= 4 is 15.9 Å². The molecule has 1 aliphatic carbocycles. The first-order valence-electron chi connectivity index (χ1n) is 6.69. The summed E-state index contributed by atoms with van der Waals surface area (Å²) in [4.78, 5) is 0. The highest BCUT2D eigenvalue weighted by atomic mass is 79.9. The van der Waals surface area contributed by atoms with E-state index in [0.29, 0.717) is 23.7 Å². The third-order valence-electron chi connectivity index (χ3n) is 3.98. The molecule has 0 aromatic heterocycles. The number of halogens is 4. The van der Waals surface area contributed by atoms with Gasteiger partial charge in [-0.15, -0.1) is 0 Å². The van der Waals surface area contributed by atoms with Gasteiger partial charge in [0.15, 0.2) is 0 Å². The highest BCUT2D eigenvalue weighted by Crippen LogP contribution is 2.38. The highest BCUT2D eigenvalue weighted by molar-refractivity contribution is 9.10. The van der Waals surface area contributed by atoms with Crippen LogP contribution in [0.25, 0.3) is 0 Å². The lowest BCUT2D eigenvalue weighted by Crippen LogP contribution is -2.44. The summed E-state index contributed by atoms with van der Waals surface area (Å²) in [6, 6.07) is 4.73. The third-order valence-corrected chi connectivity index (χ3v) is 4.59. The number of alkyl halides is 2. The van der Waals surface area contributed by atoms with Gasteiger partial charge >= 0.3 is 0 Å². The molecule has 0 aliphatic heterocycles. The van der Waals surface area contributed by atoms with Crippen LogP contribution in [0.2, 0.25) is 0 Å². The van der Waals surface area contributed by atoms with Crippen molar-refractivity contribution in [2.45, 2.75) is 44.1 Å². The molecule has 0 saturated heterocycles. The fourth-order valence-electron chi connectivity index (χ4n) is 2.75. The van der Waals surface area contributed by atoms with Gasteiger partial charge in [-0.3, -0.25) is 11.3 Å². The number of hydrogen-bond acceptors (Lipinski definition) is 2. The summed E-state index contributed by atoms with van der Waals surface area (Å²) >= 11 is 3.14. The standard InChI is InChI=1S/C14H18BrF3N2/c15-11-7-9(1-2-12(11)16)8-13(20-19)10-3-5-14(17,18)6-4-10/h1-2,7,10,13,20H,3-6,8,19H2. The van der Waals surface area contributed by atoms with Crippen molar-refractivity contribution in [1.29, 1.82) is 0 Å². The minimum atomic E-state index is -2.53. The third kappa shape index (κ3) is 3.96. The Bertz CT molecular complexity index is 458. The molecule has 1 aromatic rings. The summed E-state index contributed by atoms with van der Waals surface area (Å²) in [6.45, 7) is 0. The molecular formula is C14H18BrF3N2. The Hall–Kier alpha value is -0.590. The zero-order valence-corrected chi connectivity index (χ0v) is 12.6. The van der Waals surface area contributed by atoms with Crippen LogP contribution in [0.5, 0.6) is 0 Å². The lowest BCUT2D eigenvalue weighted by Gasteiger charge is -2.33. The predicted octanol–water partition coefficient (Wildman–Crippen LogP) is 3.79. The average Bonchev–Trinajstić information content (AvgIpc) is 2.40. The Labute approximate surface area is 125 Å². The van der Waals surface area contributed by atoms with Crippen molar-refractivity contribution in [3.05, 3.63) is 34.1 Å². The van der Waals surface area contributed by atoms with Gasteiger partial charge in [0.05, 0.1) is 4.47 Å². The number of benzene rings is 1. The molecule has 1 unspecified atom stereocenters. The van der Waals surface area contributed by atoms with Crippen LogP contribution in [-0.2, 0) is 6.42 Å². The average molecular weight is 351 g/mol. The maximum Gasteiger partial charge on any atom is 0.248 e. The molecule has 0 spiro atoms. The summed E-state index contributed by atoms with van der Waals surface area (Å²) in [5.74, 6) is 2.84. The Balaban J connectivity index is 2.00. The van der Waals surface area contributed by atoms with Crippen LogP contribution in [0.4, 0.5) is 13.2 Å². The molecule has 1 saturated carbocycles. The van der Waals surface area contributed by atoms with Crippen molar-refractivity contribution in [3.8, 4) is 0 Å². The SMILES string of the molecule is NNC(Cc1ccc(F)c(Br)c1)C1CCC(F)(F)CC1. The molecule has 0 heterocycles. The van der Waals surface area contributed by atoms with E-state index in [-0.39, 0.29) is 30.6 Å². The first kappa shape index (κ1) is 15.8. The van der Waals surface area contributed by atoms with E-state index < -0.39 is 5.92 Å². The second kappa shape index (κ2) is 6.45. The van der Waals surface area contributed by atoms with Crippen molar-refractivity contribution in [2.24, 2.45) is 11.8 Å². The molecular weight excluding hydrogens is 333 g/mol. The number of nitrogens with two attached hydrogens (primary N) is 1. The van der Waals surface area contributed by atoms with E-state index in [1.54, 1.807) is 12.1 Å². The molecule has 2 nitrogen and oxygen atoms in total. The molecule has 0 bridgehead atoms. The molecule has 1 aliphatic rings. The molecule has 20 heavy (non-hydrogen) atoms. The molecule has 112 valence electrons. The van der Waals surface area contributed by atoms with Crippen molar-refractivity contribution in [3.63, 3.8) is 0 Å². The van der Waals surface area contributed by atoms with Crippen LogP contribution in [0.15, 0.2) is 22.7 Å². The Morgan fingerprint density at radius 2 is 2.00 bits per heavy atom. The molecule has 1 atom stereocenters. The quantitative estimate of drug-likeness (QED) is 0.640. The van der Waals surface area contributed by atoms with Gasteiger partial charge in [-0.2, -0.15) is 0 Å². The zero-order valence-electron chi connectivity index (χ0n) is 11.0. The summed E-state index contributed by atoms with van der Waals surface area (Å²) < 4.78 is 39.9. The predicted molar refractivity (Wildman–Crippen MR) is 75.8 cm³/mol. The first-order valence-corrected chi connectivity index (χ1v) is 7.48. The summed E-state index contributed by atoms with van der Waals surface area (Å²) in [5, 5.41) is 0. The molecule has 3 N–H and O–H groups in total. The van der Waals surface area contributed by atoms with Crippen LogP contribution in [0.1, 0.15) is 31.2 Å². The van der Waals surface area contributed by atoms with Gasteiger partial charge in [-0.1, -0.05) is 6.07 Å². The molecule has 0 radical (unpaired) electrons. The second-order valence-corrected chi connectivity index (χ2v) is 6.27. The van der Waals surface area contributed by atoms with Crippen LogP contribution in [-0.4, -0.2) is 12.0 Å². The molecule has 0 amide bonds. The van der Waals surface area contributed by atoms with Gasteiger partial charge in [0.2, 0.25) is 5.92 Å². The monoisotopic (exact) mass is 350 g/mol. The number of hydrazine groups is 1. The number of nitrogens with one attached hydrogen (secondary N) is 1. The number of hydrogen-bond donors (Lipinski definition) is 2. The molecule has 1 aromatic carbocycles. The van der Waals surface area contributed by atoms with E-state index >= 15 is 0 Å². The summed E-state index contributed by atoms with van der Waals surface area (Å²) in [6.07, 6.45) is 1.37. The van der Waals surface area contributed by atoms with Crippen LogP contribution >= 0.6 is 15.9 Å². The van der Waals surface area contributed by atoms with Gasteiger partial charge in [-0.05, 0) is 58.8 Å². The van der Waals surface area contributed by atoms with Gasteiger partial charge in [0, 0.05) is 18.9 Å². The Kier molecular flexibility index (Phi) is 5.09. The van der Waals surface area contributed by atoms with E-state index in [1.165, 1.54) is 6.07 Å². The van der Waals surface area contributed by atoms with Gasteiger partial charge in [0.1, 0.15) is 5.82 Å². The van der Waals surface area contributed by atoms with Crippen LogP contribution in [0.3, 0.4) is 0 Å². The summed E-state index contributed by atoms with van der Waals surface area (Å²) in [7, 11) is 0. The van der Waals surface area contributed by atoms with Gasteiger partial charge < -0.3 is 0 Å². The van der Waals surface area contributed by atoms with E-state index in [2.05, 4.69) is 21.4 Å². The van der Waals surface area contributed by atoms with E-state index in [1.807, 2.05) is 0 Å². The highest BCUT2D eigenvalue weighted by Gasteiger charge is 2.37. The lowest BCUT2D eigenvalue weighted by atomic mass is 9.80. The second-order valence-electron chi connectivity index (χ2n) is 5.42. The molecule has 2 rings (SSSR count). The normalized spacial score (nSPS) is 20.9. The molecule has 6 heteroatoms. The van der Waals surface area contributed by atoms with E-state index in [4.69, 9.17) is 5.84 Å². The smallest absolute Gasteiger partial charge is 0.248 e. The van der Waals surface area contributed by atoms with Gasteiger partial charge in [-0.25, -0.2) is 13.2 Å². The van der Waals surface area contributed by atoms with Crippen molar-refractivity contribution < 1.29 is 13.2 Å². The first-order chi connectivity index (χ1) is 9.41. The fourth-order valence-corrected chi connectivity index (χ4v) is 3.17.